The summed E-state index contributed by atoms with van der Waals surface area (Å²) in [6.07, 6.45) is 3.57. The van der Waals surface area contributed by atoms with Gasteiger partial charge in [0.25, 0.3) is 0 Å². The number of ether oxygens (including phenoxy) is 2. The summed E-state index contributed by atoms with van der Waals surface area (Å²) in [7, 11) is -7.36. The molecule has 0 fully saturated rings. The van der Waals surface area contributed by atoms with E-state index >= 15 is 0 Å². The van der Waals surface area contributed by atoms with E-state index in [1.54, 1.807) is 13.8 Å². The lowest BCUT2D eigenvalue weighted by molar-refractivity contribution is -0.148. The lowest BCUT2D eigenvalue weighted by atomic mass is 9.98. The molecule has 0 heterocycles. The molecule has 2 rings (SSSR count). The molecule has 10 nitrogen and oxygen atoms in total. The summed E-state index contributed by atoms with van der Waals surface area (Å²) in [6, 6.07) is 9.43. The second-order valence-electron chi connectivity index (χ2n) is 15.2. The number of benzene rings is 2. The zero-order valence-electron chi connectivity index (χ0n) is 31.0. The van der Waals surface area contributed by atoms with Gasteiger partial charge >= 0.3 is 27.0 Å². The van der Waals surface area contributed by atoms with E-state index in [2.05, 4.69) is 17.1 Å². The number of hydrogen-bond donors (Lipinski definition) is 2. The summed E-state index contributed by atoms with van der Waals surface area (Å²) in [4.78, 5) is 25.5. The molecular weight excluding hydrogens is 650 g/mol. The van der Waals surface area contributed by atoms with Crippen molar-refractivity contribution in [1.82, 2.24) is 10.2 Å². The van der Waals surface area contributed by atoms with Crippen LogP contribution in [0.1, 0.15) is 92.7 Å². The molecule has 0 bridgehead atoms. The maximum absolute atomic E-state index is 14.0. The zero-order chi connectivity index (χ0) is 36.5. The van der Waals surface area contributed by atoms with E-state index in [1.807, 2.05) is 84.9 Å². The Hall–Kier alpha value is -2.64. The van der Waals surface area contributed by atoms with Crippen LogP contribution in [-0.2, 0) is 34.6 Å². The molecule has 48 heavy (non-hydrogen) atoms. The maximum Gasteiger partial charge on any atom is 0.323 e. The number of carbonyl (C=O) groups excluding carboxylic acids is 2. The molecule has 0 aliphatic heterocycles. The molecule has 0 amide bonds. The van der Waals surface area contributed by atoms with Crippen molar-refractivity contribution in [3.05, 3.63) is 47.5 Å². The van der Waals surface area contributed by atoms with Crippen molar-refractivity contribution < 1.29 is 37.2 Å². The minimum Gasteiger partial charge on any atom is -0.464 e. The highest BCUT2D eigenvalue weighted by atomic mass is 31.2. The van der Waals surface area contributed by atoms with Crippen molar-refractivity contribution in [3.63, 3.8) is 0 Å². The SMILES string of the molecule is CCCCCc1cc(OP(C)(=O)N[C@@H](C)C(=O)OCC(C)(C)C)c(-c2cccc(C)c2)c(OP(C)(=O)N[C@@H](C)C(=O)OCC(C)(C)C)c1. The summed E-state index contributed by atoms with van der Waals surface area (Å²) in [5.74, 6) is -0.591. The number of hydrogen-bond acceptors (Lipinski definition) is 8. The van der Waals surface area contributed by atoms with Crippen LogP contribution in [0.5, 0.6) is 11.5 Å². The number of rotatable bonds is 17. The normalized spacial score (nSPS) is 15.8. The Bertz CT molecular complexity index is 1410. The Kier molecular flexibility index (Phi) is 15.0. The molecule has 2 aromatic rings. The third-order valence-electron chi connectivity index (χ3n) is 6.90. The summed E-state index contributed by atoms with van der Waals surface area (Å²) in [5, 5.41) is 5.66. The van der Waals surface area contributed by atoms with Crippen LogP contribution in [0.25, 0.3) is 11.1 Å². The highest BCUT2D eigenvalue weighted by Gasteiger charge is 2.31. The topological polar surface area (TPSA) is 129 Å². The Morgan fingerprint density at radius 2 is 1.23 bits per heavy atom. The molecule has 0 spiro atoms. The van der Waals surface area contributed by atoms with Gasteiger partial charge in [-0.05, 0) is 67.7 Å². The van der Waals surface area contributed by atoms with Gasteiger partial charge in [0.15, 0.2) is 0 Å². The summed E-state index contributed by atoms with van der Waals surface area (Å²) < 4.78 is 51.3. The van der Waals surface area contributed by atoms with Gasteiger partial charge in [-0.1, -0.05) is 91.1 Å². The number of unbranched alkanes of at least 4 members (excludes halogenated alkanes) is 2. The molecule has 0 saturated carbocycles. The van der Waals surface area contributed by atoms with Crippen LogP contribution in [0.4, 0.5) is 0 Å². The lowest BCUT2D eigenvalue weighted by Gasteiger charge is -2.26. The van der Waals surface area contributed by atoms with Gasteiger partial charge in [-0.15, -0.1) is 0 Å². The van der Waals surface area contributed by atoms with Crippen LogP contribution in [0, 0.1) is 17.8 Å². The standard InChI is InChI=1S/C36H58N2O8P2/c1-13-14-15-18-28-21-30(45-47(11,41)37-26(3)33(39)43-23-35(5,6)7)32(29-19-16-17-25(2)20-29)31(22-28)46-48(12,42)38-27(4)34(40)44-24-36(8,9)10/h16-17,19-22,26-27H,13-15,18,23-24H2,1-12H3,(H,37,41)(H,38,42)/t26-,27-,47?,48?/m0/s1. The quantitative estimate of drug-likeness (QED) is 0.0934. The van der Waals surface area contributed by atoms with E-state index < -0.39 is 39.1 Å². The molecule has 2 aromatic carbocycles. The van der Waals surface area contributed by atoms with Crippen LogP contribution >= 0.6 is 15.0 Å². The largest absolute Gasteiger partial charge is 0.464 e. The van der Waals surface area contributed by atoms with E-state index in [9.17, 15) is 18.7 Å². The minimum absolute atomic E-state index is 0.211. The highest BCUT2D eigenvalue weighted by Crippen LogP contribution is 2.51. The monoisotopic (exact) mass is 708 g/mol. The molecule has 2 N–H and O–H groups in total. The molecular formula is C36H58N2O8P2. The molecule has 270 valence electrons. The van der Waals surface area contributed by atoms with Gasteiger partial charge in [0, 0.05) is 13.3 Å². The van der Waals surface area contributed by atoms with Crippen molar-refractivity contribution >= 4 is 27.0 Å². The van der Waals surface area contributed by atoms with E-state index in [0.29, 0.717) is 17.5 Å². The molecule has 0 saturated heterocycles. The predicted octanol–water partition coefficient (Wildman–Crippen LogP) is 8.93. The Labute approximate surface area is 288 Å². The van der Waals surface area contributed by atoms with Crippen LogP contribution in [0.2, 0.25) is 0 Å². The zero-order valence-corrected chi connectivity index (χ0v) is 32.8. The fraction of sp³-hybridized carbons (Fsp3) is 0.611. The predicted molar refractivity (Wildman–Crippen MR) is 194 cm³/mol. The average molecular weight is 709 g/mol. The first-order valence-corrected chi connectivity index (χ1v) is 20.8. The van der Waals surface area contributed by atoms with Gasteiger partial charge < -0.3 is 18.5 Å². The maximum atomic E-state index is 14.0. The van der Waals surface area contributed by atoms with E-state index in [1.165, 1.54) is 13.3 Å². The van der Waals surface area contributed by atoms with Crippen molar-refractivity contribution in [2.45, 2.75) is 107 Å². The van der Waals surface area contributed by atoms with Crippen molar-refractivity contribution in [2.75, 3.05) is 26.5 Å². The fourth-order valence-electron chi connectivity index (χ4n) is 4.66. The molecule has 2 unspecified atom stereocenters. The van der Waals surface area contributed by atoms with Gasteiger partial charge in [-0.2, -0.15) is 0 Å². The van der Waals surface area contributed by atoms with Crippen LogP contribution < -0.4 is 19.2 Å². The molecule has 12 heteroatoms. The first kappa shape index (κ1) is 41.5. The highest BCUT2D eigenvalue weighted by molar-refractivity contribution is 7.56. The fourth-order valence-corrected chi connectivity index (χ4v) is 7.42. The average Bonchev–Trinajstić information content (AvgIpc) is 2.92. The van der Waals surface area contributed by atoms with E-state index in [4.69, 9.17) is 18.5 Å². The molecule has 4 atom stereocenters. The minimum atomic E-state index is -3.68. The summed E-state index contributed by atoms with van der Waals surface area (Å²) >= 11 is 0. The van der Waals surface area contributed by atoms with Crippen LogP contribution in [0.3, 0.4) is 0 Å². The van der Waals surface area contributed by atoms with Gasteiger partial charge in [-0.3, -0.25) is 18.7 Å². The summed E-state index contributed by atoms with van der Waals surface area (Å²) in [6.45, 7) is 22.2. The number of esters is 2. The first-order valence-electron chi connectivity index (χ1n) is 16.7. The van der Waals surface area contributed by atoms with Crippen LogP contribution in [-0.4, -0.2) is 50.6 Å². The van der Waals surface area contributed by atoms with E-state index in [-0.39, 0.29) is 35.5 Å². The van der Waals surface area contributed by atoms with Crippen LogP contribution in [0.15, 0.2) is 36.4 Å². The molecule has 0 aromatic heterocycles. The lowest BCUT2D eigenvalue weighted by Crippen LogP contribution is -2.35. The molecule has 0 aliphatic rings. The molecule has 0 radical (unpaired) electrons. The van der Waals surface area contributed by atoms with Gasteiger partial charge in [0.05, 0.1) is 18.8 Å². The number of aryl methyl sites for hydroxylation is 2. The second kappa shape index (κ2) is 17.3. The molecule has 0 aliphatic carbocycles. The summed E-state index contributed by atoms with van der Waals surface area (Å²) in [5.41, 5.74) is 2.47. The Balaban J connectivity index is 2.56. The van der Waals surface area contributed by atoms with Gasteiger partial charge in [0.1, 0.15) is 23.6 Å². The van der Waals surface area contributed by atoms with E-state index in [0.717, 1.165) is 30.4 Å². The number of nitrogens with one attached hydrogen (secondary N) is 2. The van der Waals surface area contributed by atoms with Crippen molar-refractivity contribution in [2.24, 2.45) is 10.8 Å². The second-order valence-corrected chi connectivity index (χ2v) is 19.5. The van der Waals surface area contributed by atoms with Gasteiger partial charge in [-0.25, -0.2) is 10.2 Å². The third-order valence-corrected chi connectivity index (χ3v) is 9.71. The van der Waals surface area contributed by atoms with Crippen molar-refractivity contribution in [1.29, 1.82) is 0 Å². The number of carbonyl (C=O) groups is 2. The van der Waals surface area contributed by atoms with Crippen molar-refractivity contribution in [3.8, 4) is 22.6 Å². The smallest absolute Gasteiger partial charge is 0.323 e. The van der Waals surface area contributed by atoms with Gasteiger partial charge in [0.2, 0.25) is 0 Å². The third kappa shape index (κ3) is 14.9. The first-order chi connectivity index (χ1) is 22.0. The Morgan fingerprint density at radius 3 is 1.62 bits per heavy atom. The Morgan fingerprint density at radius 1 is 0.771 bits per heavy atom.